The fourth-order valence-corrected chi connectivity index (χ4v) is 5.39. The lowest BCUT2D eigenvalue weighted by Crippen LogP contribution is -2.34. The molecule has 0 radical (unpaired) electrons. The first-order valence-corrected chi connectivity index (χ1v) is 11.9. The maximum atomic E-state index is 13.2. The highest BCUT2D eigenvalue weighted by Crippen LogP contribution is 2.35. The van der Waals surface area contributed by atoms with Crippen LogP contribution in [0.4, 0.5) is 0 Å². The van der Waals surface area contributed by atoms with Crippen LogP contribution in [-0.2, 0) is 17.6 Å². The molecule has 2 heterocycles. The summed E-state index contributed by atoms with van der Waals surface area (Å²) in [4.78, 5) is 32.4. The van der Waals surface area contributed by atoms with Gasteiger partial charge in [0.25, 0.3) is 11.5 Å². The quantitative estimate of drug-likeness (QED) is 0.421. The zero-order valence-corrected chi connectivity index (χ0v) is 20.1. The largest absolute Gasteiger partial charge is 0.493 e. The third kappa shape index (κ3) is 4.64. The number of benzene rings is 1. The number of carbonyl (C=O) groups excluding carboxylic acids is 1. The number of hydrogen-bond acceptors (Lipinski definition) is 7. The minimum Gasteiger partial charge on any atom is -0.493 e. The first-order chi connectivity index (χ1) is 15.9. The van der Waals surface area contributed by atoms with E-state index in [-0.39, 0.29) is 5.56 Å². The van der Waals surface area contributed by atoms with Crippen LogP contribution < -0.4 is 20.5 Å². The van der Waals surface area contributed by atoms with Crippen LogP contribution in [-0.4, -0.2) is 35.4 Å². The highest BCUT2D eigenvalue weighted by Gasteiger charge is 2.25. The molecular formula is C24H28N4O4S. The second-order valence-electron chi connectivity index (χ2n) is 8.24. The Bertz CT molecular complexity index is 1260. The molecule has 1 aromatic carbocycles. The van der Waals surface area contributed by atoms with E-state index in [4.69, 9.17) is 9.47 Å². The van der Waals surface area contributed by atoms with Gasteiger partial charge in [0.1, 0.15) is 10.9 Å². The molecule has 2 atom stereocenters. The highest BCUT2D eigenvalue weighted by atomic mass is 32.1. The van der Waals surface area contributed by atoms with Gasteiger partial charge in [-0.25, -0.2) is 10.4 Å². The van der Waals surface area contributed by atoms with Crippen LogP contribution in [0.1, 0.15) is 49.2 Å². The zero-order chi connectivity index (χ0) is 23.5. The summed E-state index contributed by atoms with van der Waals surface area (Å²) in [6.45, 7) is 6.33. The van der Waals surface area contributed by atoms with Crippen molar-refractivity contribution in [3.05, 3.63) is 50.9 Å². The number of thiophene rings is 1. The summed E-state index contributed by atoms with van der Waals surface area (Å²) in [5.74, 6) is 1.44. The average molecular weight is 469 g/mol. The van der Waals surface area contributed by atoms with E-state index >= 15 is 0 Å². The van der Waals surface area contributed by atoms with E-state index in [1.54, 1.807) is 37.5 Å². The maximum Gasteiger partial charge on any atom is 0.263 e. The van der Waals surface area contributed by atoms with Gasteiger partial charge in [0, 0.05) is 4.88 Å². The normalized spacial score (nSPS) is 16.5. The maximum absolute atomic E-state index is 13.2. The molecular weight excluding hydrogens is 440 g/mol. The second-order valence-corrected chi connectivity index (χ2v) is 9.33. The number of hydrogen-bond donors (Lipinski definition) is 1. The molecule has 9 heteroatoms. The predicted octanol–water partition coefficient (Wildman–Crippen LogP) is 3.70. The van der Waals surface area contributed by atoms with Gasteiger partial charge in [0.15, 0.2) is 11.5 Å². The molecule has 0 aliphatic heterocycles. The summed E-state index contributed by atoms with van der Waals surface area (Å²) in [5, 5.41) is 4.71. The van der Waals surface area contributed by atoms with E-state index in [1.165, 1.54) is 22.0 Å². The number of nitrogens with zero attached hydrogens (tertiary/aromatic N) is 3. The molecule has 2 aromatic heterocycles. The topological polar surface area (TPSA) is 94.8 Å². The number of aryl methyl sites for hydroxylation is 1. The van der Waals surface area contributed by atoms with Crippen molar-refractivity contribution in [3.8, 4) is 11.5 Å². The number of carbonyl (C=O) groups is 1. The summed E-state index contributed by atoms with van der Waals surface area (Å²) >= 11 is 1.60. The molecule has 1 N–H and O–H groups in total. The van der Waals surface area contributed by atoms with Gasteiger partial charge in [0.2, 0.25) is 0 Å². The van der Waals surface area contributed by atoms with Gasteiger partial charge in [0.05, 0.1) is 31.6 Å². The van der Waals surface area contributed by atoms with Gasteiger partial charge >= 0.3 is 0 Å². The van der Waals surface area contributed by atoms with Crippen molar-refractivity contribution in [1.82, 2.24) is 15.0 Å². The summed E-state index contributed by atoms with van der Waals surface area (Å²) in [5.41, 5.74) is 4.19. The Morgan fingerprint density at radius 2 is 2.24 bits per heavy atom. The Balaban J connectivity index is 1.50. The smallest absolute Gasteiger partial charge is 0.263 e. The molecule has 174 valence electrons. The number of nitrogens with one attached hydrogen (secondary N) is 1. The van der Waals surface area contributed by atoms with Crippen molar-refractivity contribution >= 4 is 33.7 Å². The van der Waals surface area contributed by atoms with Gasteiger partial charge in [-0.3, -0.25) is 14.2 Å². The Labute approximate surface area is 196 Å². The van der Waals surface area contributed by atoms with Gasteiger partial charge in [-0.05, 0) is 68.4 Å². The van der Waals surface area contributed by atoms with Crippen molar-refractivity contribution in [2.75, 3.05) is 13.7 Å². The van der Waals surface area contributed by atoms with Crippen LogP contribution in [0.2, 0.25) is 0 Å². The SMILES string of the molecule is CCOc1ccc(/C=N\NC(=O)[C@@H](C)n2cnc3sc4c(c3c2=O)CC[C@@H](C)C4)cc1OC. The molecule has 0 bridgehead atoms. The van der Waals surface area contributed by atoms with Crippen molar-refractivity contribution in [3.63, 3.8) is 0 Å². The van der Waals surface area contributed by atoms with E-state index in [9.17, 15) is 9.59 Å². The van der Waals surface area contributed by atoms with E-state index in [1.807, 2.05) is 13.0 Å². The summed E-state index contributed by atoms with van der Waals surface area (Å²) in [6, 6.07) is 4.62. The third-order valence-corrected chi connectivity index (χ3v) is 7.08. The van der Waals surface area contributed by atoms with Crippen molar-refractivity contribution in [1.29, 1.82) is 0 Å². The van der Waals surface area contributed by atoms with Crippen LogP contribution >= 0.6 is 11.3 Å². The summed E-state index contributed by atoms with van der Waals surface area (Å²) in [7, 11) is 1.57. The van der Waals surface area contributed by atoms with E-state index in [0.29, 0.717) is 29.4 Å². The monoisotopic (exact) mass is 468 g/mol. The molecule has 33 heavy (non-hydrogen) atoms. The predicted molar refractivity (Wildman–Crippen MR) is 130 cm³/mol. The number of methoxy groups -OCH3 is 1. The second kappa shape index (κ2) is 9.74. The first kappa shape index (κ1) is 23.0. The van der Waals surface area contributed by atoms with Crippen LogP contribution in [0, 0.1) is 5.92 Å². The number of aromatic nitrogens is 2. The molecule has 0 saturated heterocycles. The van der Waals surface area contributed by atoms with E-state index < -0.39 is 11.9 Å². The van der Waals surface area contributed by atoms with E-state index in [2.05, 4.69) is 22.4 Å². The fourth-order valence-electron chi connectivity index (χ4n) is 4.05. The summed E-state index contributed by atoms with van der Waals surface area (Å²) in [6.07, 6.45) is 5.91. The molecule has 0 spiro atoms. The highest BCUT2D eigenvalue weighted by molar-refractivity contribution is 7.18. The van der Waals surface area contributed by atoms with Gasteiger partial charge < -0.3 is 9.47 Å². The van der Waals surface area contributed by atoms with Gasteiger partial charge in [-0.2, -0.15) is 5.10 Å². The van der Waals surface area contributed by atoms with Crippen molar-refractivity contribution < 1.29 is 14.3 Å². The zero-order valence-electron chi connectivity index (χ0n) is 19.3. The van der Waals surface area contributed by atoms with Crippen molar-refractivity contribution in [2.24, 2.45) is 11.0 Å². The fraction of sp³-hybridized carbons (Fsp3) is 0.417. The Kier molecular flexibility index (Phi) is 6.78. The molecule has 4 rings (SSSR count). The lowest BCUT2D eigenvalue weighted by molar-refractivity contribution is -0.123. The van der Waals surface area contributed by atoms with Crippen LogP contribution in [0.25, 0.3) is 10.2 Å². The van der Waals surface area contributed by atoms with Crippen LogP contribution in [0.5, 0.6) is 11.5 Å². The standard InChI is InChI=1S/C24H28N4O4S/c1-5-32-18-9-7-16(11-19(18)31-4)12-26-27-22(29)15(3)28-13-25-23-21(24(28)30)17-8-6-14(2)10-20(17)33-23/h7,9,11-15H,5-6,8,10H2,1-4H3,(H,27,29)/b26-12-/t14-,15-/m1/s1. The van der Waals surface area contributed by atoms with E-state index in [0.717, 1.165) is 35.2 Å². The molecule has 0 fully saturated rings. The molecule has 1 aliphatic rings. The number of rotatable bonds is 7. The molecule has 3 aromatic rings. The molecule has 1 amide bonds. The number of hydrazone groups is 1. The minimum absolute atomic E-state index is 0.171. The minimum atomic E-state index is -0.750. The lowest BCUT2D eigenvalue weighted by Gasteiger charge is -2.18. The molecule has 1 aliphatic carbocycles. The van der Waals surface area contributed by atoms with Crippen LogP contribution in [0.3, 0.4) is 0 Å². The van der Waals surface area contributed by atoms with Gasteiger partial charge in [-0.1, -0.05) is 6.92 Å². The van der Waals surface area contributed by atoms with Gasteiger partial charge in [-0.15, -0.1) is 11.3 Å². The average Bonchev–Trinajstić information content (AvgIpc) is 3.18. The first-order valence-electron chi connectivity index (χ1n) is 11.1. The number of ether oxygens (including phenoxy) is 2. The number of fused-ring (bicyclic) bond motifs is 3. The Hall–Kier alpha value is -3.20. The molecule has 0 saturated carbocycles. The Morgan fingerprint density at radius 1 is 1.42 bits per heavy atom. The van der Waals surface area contributed by atoms with Crippen LogP contribution in [0.15, 0.2) is 34.4 Å². The Morgan fingerprint density at radius 3 is 3.00 bits per heavy atom. The van der Waals surface area contributed by atoms with Crippen molar-refractivity contribution in [2.45, 2.75) is 46.1 Å². The molecule has 8 nitrogen and oxygen atoms in total. The third-order valence-electron chi connectivity index (χ3n) is 5.91. The number of amides is 1. The lowest BCUT2D eigenvalue weighted by atomic mass is 9.89. The molecule has 0 unspecified atom stereocenters. The summed E-state index contributed by atoms with van der Waals surface area (Å²) < 4.78 is 12.2.